The van der Waals surface area contributed by atoms with Gasteiger partial charge in [-0.05, 0) is 118 Å². The molecular formula is C32H37Cl2FN2O4. The van der Waals surface area contributed by atoms with Gasteiger partial charge in [-0.1, -0.05) is 29.6 Å². The van der Waals surface area contributed by atoms with Crippen LogP contribution in [0.4, 0.5) is 4.39 Å². The summed E-state index contributed by atoms with van der Waals surface area (Å²) in [4.78, 5) is 29.5. The average Bonchev–Trinajstić information content (AvgIpc) is 3.57. The van der Waals surface area contributed by atoms with Gasteiger partial charge in [0.25, 0.3) is 5.91 Å². The molecule has 2 saturated heterocycles. The van der Waals surface area contributed by atoms with E-state index in [4.69, 9.17) is 27.9 Å². The van der Waals surface area contributed by atoms with Crippen LogP contribution >= 0.6 is 23.2 Å². The van der Waals surface area contributed by atoms with Gasteiger partial charge in [-0.15, -0.1) is 0 Å². The fraction of sp³-hybridized carbons (Fsp3) is 0.562. The molecular weight excluding hydrogens is 566 g/mol. The van der Waals surface area contributed by atoms with Crippen LogP contribution in [0.3, 0.4) is 0 Å². The third kappa shape index (κ3) is 5.95. The second-order valence-electron chi connectivity index (χ2n) is 12.4. The van der Waals surface area contributed by atoms with Gasteiger partial charge in [-0.25, -0.2) is 9.18 Å². The van der Waals surface area contributed by atoms with Crippen molar-refractivity contribution >= 4 is 35.1 Å². The van der Waals surface area contributed by atoms with Gasteiger partial charge in [0.05, 0.1) is 12.2 Å². The summed E-state index contributed by atoms with van der Waals surface area (Å²) in [5.41, 5.74) is 1.94. The highest BCUT2D eigenvalue weighted by Crippen LogP contribution is 2.47. The molecule has 9 heteroatoms. The maximum atomic E-state index is 15.5. The molecule has 2 aromatic rings. The first-order chi connectivity index (χ1) is 19.7. The number of hydrogen-bond acceptors (Lipinski definition) is 4. The summed E-state index contributed by atoms with van der Waals surface area (Å²) < 4.78 is 21.8. The minimum atomic E-state index is -1.01. The van der Waals surface area contributed by atoms with Crippen LogP contribution in [0.15, 0.2) is 30.3 Å². The summed E-state index contributed by atoms with van der Waals surface area (Å²) in [5.74, 6) is -0.848. The normalized spacial score (nSPS) is 25.8. The molecule has 41 heavy (non-hydrogen) atoms. The number of ether oxygens (including phenoxy) is 1. The Bertz CT molecular complexity index is 1310. The third-order valence-electron chi connectivity index (χ3n) is 9.74. The van der Waals surface area contributed by atoms with Crippen LogP contribution in [0.25, 0.3) is 0 Å². The highest BCUT2D eigenvalue weighted by Gasteiger charge is 2.49. The van der Waals surface area contributed by atoms with Crippen LogP contribution in [0.5, 0.6) is 5.75 Å². The van der Waals surface area contributed by atoms with Crippen molar-refractivity contribution in [3.63, 3.8) is 0 Å². The molecule has 2 aliphatic carbocycles. The van der Waals surface area contributed by atoms with Crippen molar-refractivity contribution in [1.82, 2.24) is 9.80 Å². The summed E-state index contributed by atoms with van der Waals surface area (Å²) in [6.45, 7) is 4.49. The molecule has 4 aliphatic rings. The van der Waals surface area contributed by atoms with Crippen molar-refractivity contribution in [2.75, 3.05) is 19.7 Å². The zero-order valence-corrected chi connectivity index (χ0v) is 24.8. The van der Waals surface area contributed by atoms with E-state index >= 15 is 4.39 Å². The summed E-state index contributed by atoms with van der Waals surface area (Å²) in [6, 6.07) is 7.87. The molecule has 0 bridgehead atoms. The van der Waals surface area contributed by atoms with E-state index in [2.05, 4.69) is 11.8 Å². The standard InChI is InChI=1S/C32H37Cl2FN2O4/c1-18(22-11-23(33)14-24(34)12-22)36-9-7-19(8-10-36)17-41-30-16-27(35)26(15-25(30)20-5-6-20)31(38)37-28-4-2-3-21(28)13-29(37)32(39)40/h11-12,14-16,18-21,28-29H,2-10,13,17H2,1H3,(H,39,40)/t18-,21?,28+,29+/m0/s1. The van der Waals surface area contributed by atoms with Crippen molar-refractivity contribution in [2.45, 2.75) is 82.3 Å². The van der Waals surface area contributed by atoms with E-state index in [1.807, 2.05) is 12.1 Å². The van der Waals surface area contributed by atoms with E-state index in [1.54, 1.807) is 12.1 Å². The number of hydrogen-bond donors (Lipinski definition) is 1. The van der Waals surface area contributed by atoms with Crippen molar-refractivity contribution in [3.05, 3.63) is 62.9 Å². The first kappa shape index (κ1) is 28.8. The Labute approximate surface area is 250 Å². The Morgan fingerprint density at radius 2 is 1.73 bits per heavy atom. The summed E-state index contributed by atoms with van der Waals surface area (Å²) in [7, 11) is 0. The fourth-order valence-corrected chi connectivity index (χ4v) is 7.80. The van der Waals surface area contributed by atoms with Gasteiger partial charge in [-0.3, -0.25) is 9.69 Å². The molecule has 6 nitrogen and oxygen atoms in total. The third-order valence-corrected chi connectivity index (χ3v) is 10.2. The molecule has 2 saturated carbocycles. The molecule has 0 spiro atoms. The van der Waals surface area contributed by atoms with E-state index in [1.165, 1.54) is 11.0 Å². The van der Waals surface area contributed by atoms with E-state index in [-0.39, 0.29) is 29.5 Å². The lowest BCUT2D eigenvalue weighted by Crippen LogP contribution is -2.45. The summed E-state index contributed by atoms with van der Waals surface area (Å²) in [6.07, 6.45) is 7.01. The first-order valence-electron chi connectivity index (χ1n) is 14.9. The number of nitrogens with zero attached hydrogens (tertiary/aromatic N) is 2. The molecule has 4 fully saturated rings. The molecule has 4 atom stereocenters. The monoisotopic (exact) mass is 602 g/mol. The van der Waals surface area contributed by atoms with Gasteiger partial charge in [-0.2, -0.15) is 0 Å². The molecule has 1 N–H and O–H groups in total. The number of likely N-dealkylation sites (tertiary alicyclic amines) is 2. The predicted octanol–water partition coefficient (Wildman–Crippen LogP) is 7.33. The average molecular weight is 604 g/mol. The van der Waals surface area contributed by atoms with Gasteiger partial charge >= 0.3 is 5.97 Å². The van der Waals surface area contributed by atoms with Gasteiger partial charge in [0.2, 0.25) is 0 Å². The Kier molecular flexibility index (Phi) is 8.23. The van der Waals surface area contributed by atoms with Crippen LogP contribution < -0.4 is 4.74 Å². The van der Waals surface area contributed by atoms with E-state index in [0.29, 0.717) is 34.7 Å². The van der Waals surface area contributed by atoms with Crippen molar-refractivity contribution in [2.24, 2.45) is 11.8 Å². The smallest absolute Gasteiger partial charge is 0.326 e. The quantitative estimate of drug-likeness (QED) is 0.342. The first-order valence-corrected chi connectivity index (χ1v) is 15.7. The Balaban J connectivity index is 1.12. The second kappa shape index (κ2) is 11.7. The number of aliphatic carboxylic acids is 1. The van der Waals surface area contributed by atoms with Crippen LogP contribution in [0, 0.1) is 17.7 Å². The topological polar surface area (TPSA) is 70.1 Å². The zero-order chi connectivity index (χ0) is 28.8. The predicted molar refractivity (Wildman–Crippen MR) is 156 cm³/mol. The van der Waals surface area contributed by atoms with Crippen molar-refractivity contribution in [1.29, 1.82) is 0 Å². The SMILES string of the molecule is C[C@@H](c1cc(Cl)cc(Cl)c1)N1CCC(COc2cc(F)c(C(=O)N3[C@@H](C(=O)O)CC4CCC[C@H]43)cc2C2CC2)CC1. The zero-order valence-electron chi connectivity index (χ0n) is 23.3. The summed E-state index contributed by atoms with van der Waals surface area (Å²) >= 11 is 12.4. The van der Waals surface area contributed by atoms with E-state index in [0.717, 1.165) is 69.2 Å². The lowest BCUT2D eigenvalue weighted by molar-refractivity contribution is -0.141. The lowest BCUT2D eigenvalue weighted by Gasteiger charge is -2.36. The number of rotatable bonds is 8. The van der Waals surface area contributed by atoms with Gasteiger partial charge in [0, 0.05) is 28.2 Å². The minimum absolute atomic E-state index is 0.0264. The number of carbonyl (C=O) groups is 2. The van der Waals surface area contributed by atoms with Gasteiger partial charge in [0.1, 0.15) is 17.6 Å². The number of piperidine rings is 1. The number of carbonyl (C=O) groups excluding carboxylic acids is 1. The van der Waals surface area contributed by atoms with Crippen molar-refractivity contribution < 1.29 is 23.8 Å². The highest BCUT2D eigenvalue weighted by molar-refractivity contribution is 6.34. The van der Waals surface area contributed by atoms with Crippen molar-refractivity contribution in [3.8, 4) is 5.75 Å². The Morgan fingerprint density at radius 3 is 2.39 bits per heavy atom. The number of amides is 1. The maximum Gasteiger partial charge on any atom is 0.326 e. The van der Waals surface area contributed by atoms with Crippen LogP contribution in [0.2, 0.25) is 10.0 Å². The molecule has 2 aromatic carbocycles. The Morgan fingerprint density at radius 1 is 1.02 bits per heavy atom. The van der Waals surface area contributed by atoms with Crippen LogP contribution in [-0.2, 0) is 4.79 Å². The van der Waals surface area contributed by atoms with E-state index in [9.17, 15) is 14.7 Å². The molecule has 6 rings (SSSR count). The maximum absolute atomic E-state index is 15.5. The molecule has 220 valence electrons. The summed E-state index contributed by atoms with van der Waals surface area (Å²) in [5, 5.41) is 11.1. The molecule has 0 aromatic heterocycles. The van der Waals surface area contributed by atoms with Crippen LogP contribution in [-0.4, -0.2) is 58.6 Å². The lowest BCUT2D eigenvalue weighted by atomic mass is 9.95. The van der Waals surface area contributed by atoms with Gasteiger partial charge in [0.15, 0.2) is 0 Å². The molecule has 1 unspecified atom stereocenters. The number of fused-ring (bicyclic) bond motifs is 1. The molecule has 2 aliphatic heterocycles. The number of carboxylic acids is 1. The van der Waals surface area contributed by atoms with Crippen LogP contribution in [0.1, 0.15) is 91.7 Å². The van der Waals surface area contributed by atoms with E-state index < -0.39 is 23.7 Å². The number of carboxylic acid groups (broad SMARTS) is 1. The minimum Gasteiger partial charge on any atom is -0.493 e. The Hall–Kier alpha value is -2.35. The highest BCUT2D eigenvalue weighted by atomic mass is 35.5. The number of halogens is 3. The molecule has 0 radical (unpaired) electrons. The largest absolute Gasteiger partial charge is 0.493 e. The fourth-order valence-electron chi connectivity index (χ4n) is 7.26. The molecule has 1 amide bonds. The number of benzene rings is 2. The second-order valence-corrected chi connectivity index (χ2v) is 13.2. The molecule has 2 heterocycles. The van der Waals surface area contributed by atoms with Gasteiger partial charge < -0.3 is 14.7 Å².